The maximum absolute atomic E-state index is 12.3. The maximum Gasteiger partial charge on any atom is 0.347 e. The molecule has 6 nitrogen and oxygen atoms in total. The van der Waals surface area contributed by atoms with Crippen LogP contribution in [0.3, 0.4) is 0 Å². The van der Waals surface area contributed by atoms with Gasteiger partial charge in [0.2, 0.25) is 10.0 Å². The second-order valence-electron chi connectivity index (χ2n) is 4.75. The van der Waals surface area contributed by atoms with Gasteiger partial charge in [0.05, 0.1) is 0 Å². The molecular weight excluding hydrogens is 300 g/mol. The number of nitrogens with zero attached hydrogens (tertiary/aromatic N) is 1. The molecule has 1 aliphatic heterocycles. The number of carboxylic acids is 1. The molecule has 0 spiro atoms. The van der Waals surface area contributed by atoms with E-state index in [1.165, 1.54) is 11.4 Å². The van der Waals surface area contributed by atoms with Crippen molar-refractivity contribution in [1.29, 1.82) is 0 Å². The third kappa shape index (κ3) is 3.38. The Morgan fingerprint density at radius 3 is 2.70 bits per heavy atom. The van der Waals surface area contributed by atoms with Gasteiger partial charge in [-0.15, -0.1) is 11.3 Å². The first kappa shape index (κ1) is 15.4. The first-order chi connectivity index (χ1) is 9.44. The molecule has 112 valence electrons. The zero-order chi connectivity index (χ0) is 14.8. The van der Waals surface area contributed by atoms with Gasteiger partial charge in [-0.2, -0.15) is 0 Å². The van der Waals surface area contributed by atoms with Crippen LogP contribution in [0.15, 0.2) is 16.3 Å². The van der Waals surface area contributed by atoms with Crippen LogP contribution in [0.4, 0.5) is 0 Å². The van der Waals surface area contributed by atoms with Crippen LogP contribution < -0.4 is 4.72 Å². The van der Waals surface area contributed by atoms with Gasteiger partial charge in [-0.1, -0.05) is 6.92 Å². The minimum Gasteiger partial charge on any atom is -0.477 e. The van der Waals surface area contributed by atoms with Crippen LogP contribution in [0.2, 0.25) is 0 Å². The van der Waals surface area contributed by atoms with E-state index in [-0.39, 0.29) is 15.8 Å². The zero-order valence-corrected chi connectivity index (χ0v) is 12.8. The van der Waals surface area contributed by atoms with Gasteiger partial charge in [-0.25, -0.2) is 17.9 Å². The predicted molar refractivity (Wildman–Crippen MR) is 76.7 cm³/mol. The summed E-state index contributed by atoms with van der Waals surface area (Å²) in [5.41, 5.74) is 0. The number of aromatic carboxylic acids is 1. The van der Waals surface area contributed by atoms with Gasteiger partial charge in [-0.05, 0) is 43.9 Å². The molecule has 20 heavy (non-hydrogen) atoms. The zero-order valence-electron chi connectivity index (χ0n) is 11.2. The third-order valence-electron chi connectivity index (χ3n) is 3.47. The van der Waals surface area contributed by atoms with Crippen LogP contribution >= 0.6 is 11.3 Å². The molecule has 0 amide bonds. The number of nitrogens with one attached hydrogen (secondary N) is 1. The van der Waals surface area contributed by atoms with E-state index < -0.39 is 16.0 Å². The van der Waals surface area contributed by atoms with Gasteiger partial charge in [0.25, 0.3) is 0 Å². The number of hydrogen-bond donors (Lipinski definition) is 2. The third-order valence-corrected chi connectivity index (χ3v) is 6.06. The van der Waals surface area contributed by atoms with Crippen molar-refractivity contribution < 1.29 is 18.3 Å². The largest absolute Gasteiger partial charge is 0.477 e. The molecule has 1 aromatic heterocycles. The SMILES string of the molecule is CCN1CCC(NS(=O)(=O)c2ccsc2C(=O)O)CC1. The number of piperidine rings is 1. The van der Waals surface area contributed by atoms with Crippen molar-refractivity contribution in [3.8, 4) is 0 Å². The van der Waals surface area contributed by atoms with Crippen LogP contribution in [0.5, 0.6) is 0 Å². The Hall–Kier alpha value is -0.960. The monoisotopic (exact) mass is 318 g/mol. The lowest BCUT2D eigenvalue weighted by atomic mass is 10.1. The van der Waals surface area contributed by atoms with Crippen molar-refractivity contribution in [2.45, 2.75) is 30.7 Å². The number of thiophene rings is 1. The van der Waals surface area contributed by atoms with E-state index in [0.29, 0.717) is 0 Å². The van der Waals surface area contributed by atoms with Gasteiger partial charge in [0.15, 0.2) is 0 Å². The smallest absolute Gasteiger partial charge is 0.347 e. The van der Waals surface area contributed by atoms with E-state index in [9.17, 15) is 13.2 Å². The number of hydrogen-bond acceptors (Lipinski definition) is 5. The summed E-state index contributed by atoms with van der Waals surface area (Å²) in [4.78, 5) is 13.0. The van der Waals surface area contributed by atoms with E-state index in [1.807, 2.05) is 0 Å². The first-order valence-electron chi connectivity index (χ1n) is 6.49. The van der Waals surface area contributed by atoms with Crippen molar-refractivity contribution in [2.75, 3.05) is 19.6 Å². The summed E-state index contributed by atoms with van der Waals surface area (Å²) < 4.78 is 27.1. The first-order valence-corrected chi connectivity index (χ1v) is 8.85. The Morgan fingerprint density at radius 1 is 1.50 bits per heavy atom. The van der Waals surface area contributed by atoms with Crippen LogP contribution in [0, 0.1) is 0 Å². The average Bonchev–Trinajstić information content (AvgIpc) is 2.89. The van der Waals surface area contributed by atoms with Crippen LogP contribution in [0.25, 0.3) is 0 Å². The molecule has 0 unspecified atom stereocenters. The number of rotatable bonds is 5. The van der Waals surface area contributed by atoms with E-state index in [4.69, 9.17) is 5.11 Å². The number of likely N-dealkylation sites (tertiary alicyclic amines) is 1. The van der Waals surface area contributed by atoms with E-state index in [1.54, 1.807) is 0 Å². The standard InChI is InChI=1S/C12H18N2O4S2/c1-2-14-6-3-9(4-7-14)13-20(17,18)10-5-8-19-11(10)12(15)16/h5,8-9,13H,2-4,6-7H2,1H3,(H,15,16). The fraction of sp³-hybridized carbons (Fsp3) is 0.583. The molecule has 1 aromatic rings. The molecular formula is C12H18N2O4S2. The van der Waals surface area contributed by atoms with E-state index in [2.05, 4.69) is 16.5 Å². The maximum atomic E-state index is 12.3. The second-order valence-corrected chi connectivity index (χ2v) is 7.35. The molecule has 1 fully saturated rings. The summed E-state index contributed by atoms with van der Waals surface area (Å²) in [7, 11) is -3.76. The Bertz CT molecular complexity index is 574. The lowest BCUT2D eigenvalue weighted by Gasteiger charge is -2.31. The Balaban J connectivity index is 2.08. The quantitative estimate of drug-likeness (QED) is 0.852. The molecule has 2 N–H and O–H groups in total. The van der Waals surface area contributed by atoms with Gasteiger partial charge in [0, 0.05) is 6.04 Å². The van der Waals surface area contributed by atoms with Gasteiger partial charge in [-0.3, -0.25) is 0 Å². The van der Waals surface area contributed by atoms with Crippen molar-refractivity contribution in [1.82, 2.24) is 9.62 Å². The van der Waals surface area contributed by atoms with Gasteiger partial charge >= 0.3 is 5.97 Å². The van der Waals surface area contributed by atoms with Gasteiger partial charge in [0.1, 0.15) is 9.77 Å². The average molecular weight is 318 g/mol. The lowest BCUT2D eigenvalue weighted by Crippen LogP contribution is -2.44. The van der Waals surface area contributed by atoms with Crippen molar-refractivity contribution in [3.05, 3.63) is 16.3 Å². The topological polar surface area (TPSA) is 86.7 Å². The van der Waals surface area contributed by atoms with Crippen LogP contribution in [0.1, 0.15) is 29.4 Å². The molecule has 2 rings (SSSR count). The summed E-state index contributed by atoms with van der Waals surface area (Å²) in [5.74, 6) is -1.21. The Morgan fingerprint density at radius 2 is 2.15 bits per heavy atom. The van der Waals surface area contributed by atoms with E-state index >= 15 is 0 Å². The van der Waals surface area contributed by atoms with Gasteiger partial charge < -0.3 is 10.0 Å². The summed E-state index contributed by atoms with van der Waals surface area (Å²) in [6.45, 7) is 4.76. The molecule has 0 radical (unpaired) electrons. The number of carboxylic acid groups (broad SMARTS) is 1. The van der Waals surface area contributed by atoms with Crippen molar-refractivity contribution >= 4 is 27.3 Å². The minimum absolute atomic E-state index is 0.121. The normalized spacial score (nSPS) is 18.2. The minimum atomic E-state index is -3.76. The Kier molecular flexibility index (Phi) is 4.79. The number of sulfonamides is 1. The summed E-state index contributed by atoms with van der Waals surface area (Å²) in [6.07, 6.45) is 1.50. The van der Waals surface area contributed by atoms with Crippen LogP contribution in [-0.4, -0.2) is 50.1 Å². The molecule has 0 saturated carbocycles. The predicted octanol–water partition coefficient (Wildman–Crippen LogP) is 1.21. The molecule has 8 heteroatoms. The molecule has 1 aliphatic rings. The summed E-state index contributed by atoms with van der Waals surface area (Å²) in [5, 5.41) is 10.5. The number of carbonyl (C=O) groups is 1. The highest BCUT2D eigenvalue weighted by Crippen LogP contribution is 2.23. The molecule has 0 aromatic carbocycles. The van der Waals surface area contributed by atoms with Crippen LogP contribution in [-0.2, 0) is 10.0 Å². The molecule has 0 bridgehead atoms. The lowest BCUT2D eigenvalue weighted by molar-refractivity contribution is 0.0698. The molecule has 0 aliphatic carbocycles. The fourth-order valence-corrected chi connectivity index (χ4v) is 4.88. The molecule has 0 atom stereocenters. The highest BCUT2D eigenvalue weighted by atomic mass is 32.2. The molecule has 1 saturated heterocycles. The van der Waals surface area contributed by atoms with Crippen molar-refractivity contribution in [2.24, 2.45) is 0 Å². The highest BCUT2D eigenvalue weighted by Gasteiger charge is 2.28. The van der Waals surface area contributed by atoms with Crippen molar-refractivity contribution in [3.63, 3.8) is 0 Å². The molecule has 2 heterocycles. The highest BCUT2D eigenvalue weighted by molar-refractivity contribution is 7.89. The van der Waals surface area contributed by atoms with E-state index in [0.717, 1.165) is 43.8 Å². The fourth-order valence-electron chi connectivity index (χ4n) is 2.31. The Labute approximate surface area is 122 Å². The summed E-state index contributed by atoms with van der Waals surface area (Å²) in [6, 6.07) is 1.22. The summed E-state index contributed by atoms with van der Waals surface area (Å²) >= 11 is 0.924. The second kappa shape index (κ2) is 6.21.